The first kappa shape index (κ1) is 17.5. The second kappa shape index (κ2) is 6.74. The third-order valence-electron chi connectivity index (χ3n) is 3.29. The van der Waals surface area contributed by atoms with Gasteiger partial charge in [-0.2, -0.15) is 5.10 Å². The highest BCUT2D eigenvalue weighted by Gasteiger charge is 2.16. The van der Waals surface area contributed by atoms with Crippen LogP contribution in [0, 0.1) is 6.92 Å². The highest BCUT2D eigenvalue weighted by atomic mass is 16.6. The van der Waals surface area contributed by atoms with Gasteiger partial charge in [-0.25, -0.2) is 14.9 Å². The lowest BCUT2D eigenvalue weighted by molar-refractivity contribution is 0.0529. The van der Waals surface area contributed by atoms with Gasteiger partial charge in [0.1, 0.15) is 5.60 Å². The number of nitrogens with zero attached hydrogens (tertiary/aromatic N) is 3. The van der Waals surface area contributed by atoms with E-state index in [1.54, 1.807) is 44.1 Å². The maximum Gasteiger partial charge on any atom is 0.428 e. The minimum atomic E-state index is -0.649. The number of rotatable bonds is 3. The molecule has 7 nitrogen and oxygen atoms in total. The van der Waals surface area contributed by atoms with E-state index < -0.39 is 11.7 Å². The van der Waals surface area contributed by atoms with Crippen LogP contribution < -0.4 is 11.0 Å². The first-order chi connectivity index (χ1) is 11.2. The largest absolute Gasteiger partial charge is 0.443 e. The molecule has 24 heavy (non-hydrogen) atoms. The summed E-state index contributed by atoms with van der Waals surface area (Å²) in [4.78, 5) is 24.1. The molecule has 7 heteroatoms. The van der Waals surface area contributed by atoms with Crippen molar-refractivity contribution in [3.8, 4) is 5.69 Å². The fourth-order valence-electron chi connectivity index (χ4n) is 2.24. The van der Waals surface area contributed by atoms with E-state index in [2.05, 4.69) is 10.5 Å². The Balaban J connectivity index is 2.25. The molecule has 1 heterocycles. The van der Waals surface area contributed by atoms with Gasteiger partial charge in [-0.1, -0.05) is 18.2 Å². The van der Waals surface area contributed by atoms with Crippen LogP contribution in [0.15, 0.2) is 40.2 Å². The summed E-state index contributed by atoms with van der Waals surface area (Å²) >= 11 is 0. The lowest BCUT2D eigenvalue weighted by atomic mass is 10.2. The molecule has 2 rings (SSSR count). The van der Waals surface area contributed by atoms with E-state index in [1.165, 1.54) is 6.21 Å². The summed E-state index contributed by atoms with van der Waals surface area (Å²) in [6.45, 7) is 7.02. The molecule has 0 radical (unpaired) electrons. The maximum atomic E-state index is 12.5. The number of aromatic nitrogens is 2. The van der Waals surface area contributed by atoms with Gasteiger partial charge < -0.3 is 4.74 Å². The summed E-state index contributed by atoms with van der Waals surface area (Å²) in [5.41, 5.74) is 3.45. The first-order valence-corrected chi connectivity index (χ1v) is 7.57. The molecule has 0 spiro atoms. The van der Waals surface area contributed by atoms with Crippen LogP contribution in [-0.4, -0.2) is 27.3 Å². The van der Waals surface area contributed by atoms with Crippen LogP contribution in [-0.2, 0) is 11.8 Å². The van der Waals surface area contributed by atoms with Crippen LogP contribution in [0.4, 0.5) is 4.79 Å². The van der Waals surface area contributed by atoms with Crippen molar-refractivity contribution >= 4 is 12.3 Å². The third-order valence-corrected chi connectivity index (χ3v) is 3.29. The average molecular weight is 330 g/mol. The van der Waals surface area contributed by atoms with Gasteiger partial charge in [0.15, 0.2) is 0 Å². The number of carbonyl (C=O) groups is 1. The van der Waals surface area contributed by atoms with Crippen molar-refractivity contribution in [1.29, 1.82) is 0 Å². The van der Waals surface area contributed by atoms with Gasteiger partial charge in [0.05, 0.1) is 17.6 Å². The molecule has 0 aliphatic carbocycles. The van der Waals surface area contributed by atoms with Crippen molar-refractivity contribution in [3.05, 3.63) is 51.9 Å². The molecule has 0 bridgehead atoms. The predicted octanol–water partition coefficient (Wildman–Crippen LogP) is 2.34. The van der Waals surface area contributed by atoms with Crippen molar-refractivity contribution in [2.45, 2.75) is 33.3 Å². The minimum absolute atomic E-state index is 0.137. The summed E-state index contributed by atoms with van der Waals surface area (Å²) in [5, 5.41) is 3.87. The number of benzene rings is 1. The average Bonchev–Trinajstić information content (AvgIpc) is 2.70. The molecular weight excluding hydrogens is 308 g/mol. The highest BCUT2D eigenvalue weighted by molar-refractivity contribution is 5.80. The van der Waals surface area contributed by atoms with Crippen LogP contribution in [0.3, 0.4) is 0 Å². The Labute approximate surface area is 140 Å². The third kappa shape index (κ3) is 3.92. The topological polar surface area (TPSA) is 77.6 Å². The number of hydrogen-bond donors (Lipinski definition) is 1. The van der Waals surface area contributed by atoms with E-state index >= 15 is 0 Å². The maximum absolute atomic E-state index is 12.5. The fourth-order valence-corrected chi connectivity index (χ4v) is 2.24. The SMILES string of the molecule is Cc1c(/C=N\NC(=O)OC(C)(C)C)n(C)n(-c2ccccc2)c1=O. The Hall–Kier alpha value is -2.83. The number of amides is 1. The van der Waals surface area contributed by atoms with Gasteiger partial charge in [0.2, 0.25) is 0 Å². The van der Waals surface area contributed by atoms with Gasteiger partial charge >= 0.3 is 6.09 Å². The van der Waals surface area contributed by atoms with Crippen LogP contribution >= 0.6 is 0 Å². The molecule has 0 saturated heterocycles. The van der Waals surface area contributed by atoms with Crippen LogP contribution in [0.2, 0.25) is 0 Å². The summed E-state index contributed by atoms with van der Waals surface area (Å²) in [5.74, 6) is 0. The zero-order valence-corrected chi connectivity index (χ0v) is 14.5. The van der Waals surface area contributed by atoms with E-state index in [0.717, 1.165) is 5.69 Å². The van der Waals surface area contributed by atoms with Crippen molar-refractivity contribution in [3.63, 3.8) is 0 Å². The van der Waals surface area contributed by atoms with Gasteiger partial charge in [-0.15, -0.1) is 0 Å². The smallest absolute Gasteiger partial charge is 0.428 e. The van der Waals surface area contributed by atoms with E-state index in [9.17, 15) is 9.59 Å². The molecule has 0 unspecified atom stereocenters. The molecule has 0 aliphatic heterocycles. The van der Waals surface area contributed by atoms with Crippen LogP contribution in [0.1, 0.15) is 32.0 Å². The molecule has 0 fully saturated rings. The minimum Gasteiger partial charge on any atom is -0.443 e. The molecule has 2 aromatic rings. The predicted molar refractivity (Wildman–Crippen MR) is 92.7 cm³/mol. The second-order valence-corrected chi connectivity index (χ2v) is 6.36. The zero-order valence-electron chi connectivity index (χ0n) is 14.5. The summed E-state index contributed by atoms with van der Waals surface area (Å²) in [7, 11) is 1.76. The number of para-hydroxylation sites is 1. The highest BCUT2D eigenvalue weighted by Crippen LogP contribution is 2.09. The summed E-state index contributed by atoms with van der Waals surface area (Å²) in [6.07, 6.45) is 0.781. The number of hydrazone groups is 1. The second-order valence-electron chi connectivity index (χ2n) is 6.36. The molecule has 1 amide bonds. The number of nitrogens with one attached hydrogen (secondary N) is 1. The Morgan fingerprint density at radius 1 is 1.25 bits per heavy atom. The molecule has 0 saturated carbocycles. The molecule has 0 atom stereocenters. The number of hydrogen-bond acceptors (Lipinski definition) is 4. The van der Waals surface area contributed by atoms with Gasteiger partial charge in [0.25, 0.3) is 5.56 Å². The standard InChI is InChI=1S/C17H22N4O3/c1-12-14(11-18-19-16(23)24-17(2,3)4)20(5)21(15(12)22)13-9-7-6-8-10-13/h6-11H,1-5H3,(H,19,23)/b18-11-. The zero-order chi connectivity index (χ0) is 17.9. The monoisotopic (exact) mass is 330 g/mol. The van der Waals surface area contributed by atoms with Gasteiger partial charge in [-0.3, -0.25) is 9.48 Å². The fraction of sp³-hybridized carbons (Fsp3) is 0.353. The van der Waals surface area contributed by atoms with E-state index in [-0.39, 0.29) is 5.56 Å². The normalized spacial score (nSPS) is 11.7. The van der Waals surface area contributed by atoms with Crippen LogP contribution in [0.25, 0.3) is 5.69 Å². The summed E-state index contributed by atoms with van der Waals surface area (Å²) < 4.78 is 8.33. The lowest BCUT2D eigenvalue weighted by Crippen LogP contribution is -2.29. The lowest BCUT2D eigenvalue weighted by Gasteiger charge is -2.18. The Kier molecular flexibility index (Phi) is 4.92. The molecule has 0 aliphatic rings. The molecule has 128 valence electrons. The summed E-state index contributed by atoms with van der Waals surface area (Å²) in [6, 6.07) is 9.31. The number of carbonyl (C=O) groups excluding carboxylic acids is 1. The van der Waals surface area contributed by atoms with Crippen molar-refractivity contribution in [2.75, 3.05) is 0 Å². The molecule has 1 aromatic carbocycles. The molecular formula is C17H22N4O3. The Morgan fingerprint density at radius 3 is 2.46 bits per heavy atom. The first-order valence-electron chi connectivity index (χ1n) is 7.57. The quantitative estimate of drug-likeness (QED) is 0.693. The molecule has 1 aromatic heterocycles. The van der Waals surface area contributed by atoms with E-state index in [4.69, 9.17) is 4.74 Å². The van der Waals surface area contributed by atoms with Crippen LogP contribution in [0.5, 0.6) is 0 Å². The van der Waals surface area contributed by atoms with Gasteiger partial charge in [-0.05, 0) is 39.8 Å². The number of ether oxygens (including phenoxy) is 1. The van der Waals surface area contributed by atoms with E-state index in [1.807, 2.05) is 30.3 Å². The van der Waals surface area contributed by atoms with Crippen molar-refractivity contribution in [1.82, 2.24) is 14.8 Å². The van der Waals surface area contributed by atoms with E-state index in [0.29, 0.717) is 11.3 Å². The van der Waals surface area contributed by atoms with Crippen molar-refractivity contribution in [2.24, 2.45) is 12.1 Å². The Bertz CT molecular complexity index is 811. The molecule has 1 N–H and O–H groups in total. The van der Waals surface area contributed by atoms with Crippen molar-refractivity contribution < 1.29 is 9.53 Å². The Morgan fingerprint density at radius 2 is 1.88 bits per heavy atom. The van der Waals surface area contributed by atoms with Gasteiger partial charge in [0, 0.05) is 12.6 Å².